The molecule has 1 fully saturated rings. The Morgan fingerprint density at radius 2 is 2.12 bits per heavy atom. The second-order valence-corrected chi connectivity index (χ2v) is 4.68. The summed E-state index contributed by atoms with van der Waals surface area (Å²) < 4.78 is 0. The summed E-state index contributed by atoms with van der Waals surface area (Å²) in [6, 6.07) is 0.316. The van der Waals surface area contributed by atoms with Crippen LogP contribution in [-0.4, -0.2) is 23.0 Å². The standard InChI is InChI=1S/C12H21NO3/c1-9-7-8-10(12(16)13-9)5-3-2-4-6-11(14)15/h9-10H,2-8H2,1H3,(H,13,16)(H,14,15). The molecule has 0 spiro atoms. The van der Waals surface area contributed by atoms with Crippen molar-refractivity contribution in [2.45, 2.75) is 57.9 Å². The van der Waals surface area contributed by atoms with Gasteiger partial charge in [0.15, 0.2) is 0 Å². The van der Waals surface area contributed by atoms with Crippen molar-refractivity contribution in [2.75, 3.05) is 0 Å². The van der Waals surface area contributed by atoms with Gasteiger partial charge in [-0.2, -0.15) is 0 Å². The topological polar surface area (TPSA) is 66.4 Å². The lowest BCUT2D eigenvalue weighted by molar-refractivity contribution is -0.137. The number of carbonyl (C=O) groups excluding carboxylic acids is 1. The van der Waals surface area contributed by atoms with Gasteiger partial charge in [-0.05, 0) is 32.6 Å². The number of carbonyl (C=O) groups is 2. The zero-order valence-electron chi connectivity index (χ0n) is 9.87. The smallest absolute Gasteiger partial charge is 0.303 e. The van der Waals surface area contributed by atoms with Gasteiger partial charge in [0.1, 0.15) is 0 Å². The van der Waals surface area contributed by atoms with E-state index in [1.165, 1.54) is 0 Å². The van der Waals surface area contributed by atoms with Crippen molar-refractivity contribution in [2.24, 2.45) is 5.92 Å². The summed E-state index contributed by atoms with van der Waals surface area (Å²) in [5.41, 5.74) is 0. The maximum Gasteiger partial charge on any atom is 0.303 e. The minimum Gasteiger partial charge on any atom is -0.481 e. The fourth-order valence-corrected chi connectivity index (χ4v) is 2.13. The highest BCUT2D eigenvalue weighted by Crippen LogP contribution is 2.21. The van der Waals surface area contributed by atoms with Crippen molar-refractivity contribution in [1.29, 1.82) is 0 Å². The van der Waals surface area contributed by atoms with Crippen LogP contribution in [0.5, 0.6) is 0 Å². The van der Waals surface area contributed by atoms with Gasteiger partial charge >= 0.3 is 5.97 Å². The second kappa shape index (κ2) is 6.51. The van der Waals surface area contributed by atoms with Crippen molar-refractivity contribution >= 4 is 11.9 Å². The van der Waals surface area contributed by atoms with E-state index in [-0.39, 0.29) is 18.2 Å². The fourth-order valence-electron chi connectivity index (χ4n) is 2.13. The molecule has 16 heavy (non-hydrogen) atoms. The zero-order valence-corrected chi connectivity index (χ0v) is 9.87. The SMILES string of the molecule is CC1CCC(CCCCCC(=O)O)C(=O)N1. The van der Waals surface area contributed by atoms with Crippen LogP contribution in [0.3, 0.4) is 0 Å². The van der Waals surface area contributed by atoms with Crippen LogP contribution in [0.15, 0.2) is 0 Å². The van der Waals surface area contributed by atoms with E-state index in [1.807, 2.05) is 6.92 Å². The summed E-state index contributed by atoms with van der Waals surface area (Å²) in [5.74, 6) is -0.401. The predicted molar refractivity (Wildman–Crippen MR) is 61.0 cm³/mol. The molecule has 1 amide bonds. The molecular formula is C12H21NO3. The summed E-state index contributed by atoms with van der Waals surface area (Å²) in [6.45, 7) is 2.03. The number of carboxylic acids is 1. The molecule has 1 heterocycles. The number of amides is 1. The number of hydrogen-bond donors (Lipinski definition) is 2. The Labute approximate surface area is 96.4 Å². The fraction of sp³-hybridized carbons (Fsp3) is 0.833. The number of nitrogens with one attached hydrogen (secondary N) is 1. The van der Waals surface area contributed by atoms with E-state index in [0.717, 1.165) is 38.5 Å². The first-order chi connectivity index (χ1) is 7.59. The molecule has 92 valence electrons. The predicted octanol–water partition coefficient (Wildman–Crippen LogP) is 1.94. The molecule has 0 aromatic carbocycles. The monoisotopic (exact) mass is 227 g/mol. The van der Waals surface area contributed by atoms with Crippen LogP contribution in [0.2, 0.25) is 0 Å². The van der Waals surface area contributed by atoms with Crippen molar-refractivity contribution in [3.8, 4) is 0 Å². The van der Waals surface area contributed by atoms with Gasteiger partial charge in [0.05, 0.1) is 0 Å². The Bertz CT molecular complexity index is 253. The molecule has 1 rings (SSSR count). The van der Waals surface area contributed by atoms with E-state index < -0.39 is 5.97 Å². The third kappa shape index (κ3) is 4.64. The third-order valence-corrected chi connectivity index (χ3v) is 3.15. The average molecular weight is 227 g/mol. The van der Waals surface area contributed by atoms with Crippen LogP contribution < -0.4 is 5.32 Å². The van der Waals surface area contributed by atoms with E-state index >= 15 is 0 Å². The Morgan fingerprint density at radius 3 is 2.75 bits per heavy atom. The van der Waals surface area contributed by atoms with E-state index in [9.17, 15) is 9.59 Å². The molecule has 2 N–H and O–H groups in total. The first-order valence-corrected chi connectivity index (χ1v) is 6.11. The molecule has 0 aromatic rings. The van der Waals surface area contributed by atoms with Crippen LogP contribution in [0.4, 0.5) is 0 Å². The van der Waals surface area contributed by atoms with Crippen LogP contribution in [0, 0.1) is 5.92 Å². The molecule has 1 aliphatic heterocycles. The zero-order chi connectivity index (χ0) is 12.0. The molecule has 0 saturated carbocycles. The van der Waals surface area contributed by atoms with Gasteiger partial charge in [-0.3, -0.25) is 9.59 Å². The lowest BCUT2D eigenvalue weighted by atomic mass is 9.90. The molecule has 1 aliphatic rings. The van der Waals surface area contributed by atoms with Crippen LogP contribution in [0.25, 0.3) is 0 Å². The highest BCUT2D eigenvalue weighted by molar-refractivity contribution is 5.79. The first kappa shape index (κ1) is 13.0. The van der Waals surface area contributed by atoms with E-state index in [2.05, 4.69) is 5.32 Å². The van der Waals surface area contributed by atoms with Gasteiger partial charge in [0.25, 0.3) is 0 Å². The number of piperidine rings is 1. The van der Waals surface area contributed by atoms with Gasteiger partial charge < -0.3 is 10.4 Å². The van der Waals surface area contributed by atoms with E-state index in [4.69, 9.17) is 5.11 Å². The maximum atomic E-state index is 11.6. The van der Waals surface area contributed by atoms with Crippen molar-refractivity contribution in [3.05, 3.63) is 0 Å². The summed E-state index contributed by atoms with van der Waals surface area (Å²) in [6.07, 6.45) is 5.77. The number of aliphatic carboxylic acids is 1. The first-order valence-electron chi connectivity index (χ1n) is 6.11. The minimum atomic E-state index is -0.732. The molecular weight excluding hydrogens is 206 g/mol. The highest BCUT2D eigenvalue weighted by Gasteiger charge is 2.24. The Hall–Kier alpha value is -1.06. The summed E-state index contributed by atoms with van der Waals surface area (Å²) in [7, 11) is 0. The summed E-state index contributed by atoms with van der Waals surface area (Å²) in [4.78, 5) is 21.9. The Kier molecular flexibility index (Phi) is 5.29. The van der Waals surface area contributed by atoms with E-state index in [0.29, 0.717) is 6.04 Å². The van der Waals surface area contributed by atoms with Crippen molar-refractivity contribution < 1.29 is 14.7 Å². The van der Waals surface area contributed by atoms with Gasteiger partial charge in [0.2, 0.25) is 5.91 Å². The minimum absolute atomic E-state index is 0.154. The van der Waals surface area contributed by atoms with Gasteiger partial charge in [0, 0.05) is 18.4 Å². The Balaban J connectivity index is 2.08. The van der Waals surface area contributed by atoms with Gasteiger partial charge in [-0.15, -0.1) is 0 Å². The molecule has 0 aliphatic carbocycles. The number of hydrogen-bond acceptors (Lipinski definition) is 2. The lowest BCUT2D eigenvalue weighted by Gasteiger charge is -2.26. The largest absolute Gasteiger partial charge is 0.481 e. The molecule has 4 heteroatoms. The second-order valence-electron chi connectivity index (χ2n) is 4.68. The quantitative estimate of drug-likeness (QED) is 0.681. The maximum absolute atomic E-state index is 11.6. The lowest BCUT2D eigenvalue weighted by Crippen LogP contribution is -2.42. The summed E-state index contributed by atoms with van der Waals surface area (Å²) in [5, 5.41) is 11.4. The summed E-state index contributed by atoms with van der Waals surface area (Å²) >= 11 is 0. The molecule has 2 atom stereocenters. The van der Waals surface area contributed by atoms with Gasteiger partial charge in [-0.25, -0.2) is 0 Å². The number of rotatable bonds is 6. The number of carboxylic acid groups (broad SMARTS) is 1. The van der Waals surface area contributed by atoms with Crippen LogP contribution in [0.1, 0.15) is 51.9 Å². The normalized spacial score (nSPS) is 25.2. The van der Waals surface area contributed by atoms with Crippen LogP contribution >= 0.6 is 0 Å². The molecule has 0 radical (unpaired) electrons. The average Bonchev–Trinajstić information content (AvgIpc) is 2.20. The molecule has 1 saturated heterocycles. The number of unbranched alkanes of at least 4 members (excludes halogenated alkanes) is 2. The molecule has 0 bridgehead atoms. The third-order valence-electron chi connectivity index (χ3n) is 3.15. The van der Waals surface area contributed by atoms with Crippen LogP contribution in [-0.2, 0) is 9.59 Å². The highest BCUT2D eigenvalue weighted by atomic mass is 16.4. The molecule has 4 nitrogen and oxygen atoms in total. The van der Waals surface area contributed by atoms with E-state index in [1.54, 1.807) is 0 Å². The van der Waals surface area contributed by atoms with Gasteiger partial charge in [-0.1, -0.05) is 12.8 Å². The Morgan fingerprint density at radius 1 is 1.38 bits per heavy atom. The molecule has 0 aromatic heterocycles. The van der Waals surface area contributed by atoms with Crippen molar-refractivity contribution in [1.82, 2.24) is 5.32 Å². The van der Waals surface area contributed by atoms with Crippen molar-refractivity contribution in [3.63, 3.8) is 0 Å². The molecule has 2 unspecified atom stereocenters.